The lowest BCUT2D eigenvalue weighted by Gasteiger charge is -2.48. The summed E-state index contributed by atoms with van der Waals surface area (Å²) in [4.78, 5) is 0. The van der Waals surface area contributed by atoms with Gasteiger partial charge in [-0.05, 0) is 83.4 Å². The molecule has 0 saturated carbocycles. The standard InChI is InChI=1S/C34H58O4Si2/c1-11-39(12-2,13-3)37-33-22-19-29(24-36-23-28-17-20-30(35-10)21-18-28)31-15-14-16-32(33)34(31)38-40(25(4)5,26(6)7)27(8)9/h15,17-18,20-22,25-27,29,32,34H,11-14,16,19,23-24H2,1-10H3/t29-,32+,34-/m1/s1. The molecule has 0 N–H and O–H groups in total. The van der Waals surface area contributed by atoms with Gasteiger partial charge >= 0.3 is 0 Å². The van der Waals surface area contributed by atoms with E-state index in [1.807, 2.05) is 12.1 Å². The van der Waals surface area contributed by atoms with Gasteiger partial charge in [0.2, 0.25) is 16.6 Å². The molecule has 0 aromatic heterocycles. The van der Waals surface area contributed by atoms with Gasteiger partial charge in [0.15, 0.2) is 0 Å². The minimum absolute atomic E-state index is 0.0909. The van der Waals surface area contributed by atoms with Crippen molar-refractivity contribution in [2.24, 2.45) is 11.8 Å². The third-order valence-corrected chi connectivity index (χ3v) is 20.7. The monoisotopic (exact) mass is 586 g/mol. The lowest BCUT2D eigenvalue weighted by Crippen LogP contribution is -2.53. The second kappa shape index (κ2) is 14.7. The maximum Gasteiger partial charge on any atom is 0.250 e. The lowest BCUT2D eigenvalue weighted by molar-refractivity contribution is 0.0768. The van der Waals surface area contributed by atoms with Crippen LogP contribution in [0.4, 0.5) is 0 Å². The van der Waals surface area contributed by atoms with Crippen molar-refractivity contribution in [3.63, 3.8) is 0 Å². The molecule has 2 aliphatic rings. The number of rotatable bonds is 15. The van der Waals surface area contributed by atoms with Gasteiger partial charge in [-0.15, -0.1) is 0 Å². The van der Waals surface area contributed by atoms with Gasteiger partial charge in [-0.2, -0.15) is 0 Å². The van der Waals surface area contributed by atoms with E-state index >= 15 is 0 Å². The van der Waals surface area contributed by atoms with Gasteiger partial charge < -0.3 is 18.3 Å². The van der Waals surface area contributed by atoms with Crippen molar-refractivity contribution in [2.75, 3.05) is 13.7 Å². The van der Waals surface area contributed by atoms with Crippen LogP contribution in [-0.2, 0) is 20.2 Å². The Labute approximate surface area is 248 Å². The molecule has 4 nitrogen and oxygen atoms in total. The van der Waals surface area contributed by atoms with E-state index in [9.17, 15) is 0 Å². The van der Waals surface area contributed by atoms with Crippen molar-refractivity contribution in [3.8, 4) is 5.75 Å². The predicted molar refractivity (Wildman–Crippen MR) is 174 cm³/mol. The first-order valence-electron chi connectivity index (χ1n) is 16.0. The molecule has 0 amide bonds. The molecular weight excluding hydrogens is 529 g/mol. The summed E-state index contributed by atoms with van der Waals surface area (Å²) in [6, 6.07) is 11.7. The molecule has 1 aromatic carbocycles. The second-order valence-electron chi connectivity index (χ2n) is 13.0. The first-order chi connectivity index (χ1) is 19.1. The molecule has 226 valence electrons. The van der Waals surface area contributed by atoms with Gasteiger partial charge in [-0.3, -0.25) is 0 Å². The van der Waals surface area contributed by atoms with Crippen molar-refractivity contribution in [2.45, 2.75) is 129 Å². The van der Waals surface area contributed by atoms with E-state index in [0.29, 0.717) is 41.7 Å². The highest BCUT2D eigenvalue weighted by Crippen LogP contribution is 2.49. The Bertz CT molecular complexity index is 948. The Balaban J connectivity index is 1.96. The van der Waals surface area contributed by atoms with Crippen LogP contribution in [0.2, 0.25) is 34.8 Å². The molecule has 40 heavy (non-hydrogen) atoms. The summed E-state index contributed by atoms with van der Waals surface area (Å²) in [5, 5.41) is 0. The Morgan fingerprint density at radius 2 is 1.45 bits per heavy atom. The number of methoxy groups -OCH3 is 1. The second-order valence-corrected chi connectivity index (χ2v) is 23.1. The summed E-state index contributed by atoms with van der Waals surface area (Å²) in [5.74, 6) is 2.74. The van der Waals surface area contributed by atoms with Crippen molar-refractivity contribution < 1.29 is 18.3 Å². The summed E-state index contributed by atoms with van der Waals surface area (Å²) in [5.41, 5.74) is 4.28. The van der Waals surface area contributed by atoms with Crippen molar-refractivity contribution in [1.29, 1.82) is 0 Å². The zero-order valence-corrected chi connectivity index (χ0v) is 29.2. The molecule has 0 aliphatic heterocycles. The SMILES string of the molecule is CC[Si](CC)(CC)OC1=CC[C@H](COCc2ccc(OC)cc2)C2=CCC[C@@H]1[C@@H]2O[Si](C(C)C)(C(C)C)C(C)C. The number of hydrogen-bond donors (Lipinski definition) is 0. The van der Waals surface area contributed by atoms with Gasteiger partial charge in [0.05, 0.1) is 32.2 Å². The van der Waals surface area contributed by atoms with Gasteiger partial charge in [-0.1, -0.05) is 80.5 Å². The van der Waals surface area contributed by atoms with Gasteiger partial charge in [0.1, 0.15) is 5.75 Å². The molecule has 3 atom stereocenters. The van der Waals surface area contributed by atoms with Crippen LogP contribution >= 0.6 is 0 Å². The van der Waals surface area contributed by atoms with E-state index in [1.54, 1.807) is 7.11 Å². The van der Waals surface area contributed by atoms with Crippen LogP contribution in [-0.4, -0.2) is 36.5 Å². The van der Waals surface area contributed by atoms with E-state index in [-0.39, 0.29) is 6.10 Å². The lowest BCUT2D eigenvalue weighted by atomic mass is 9.81. The summed E-state index contributed by atoms with van der Waals surface area (Å²) in [7, 11) is -2.21. The zero-order valence-electron chi connectivity index (χ0n) is 27.2. The van der Waals surface area contributed by atoms with Crippen LogP contribution in [0.5, 0.6) is 5.75 Å². The Hall–Kier alpha value is -1.35. The van der Waals surface area contributed by atoms with Gasteiger partial charge in [-0.25, -0.2) is 0 Å². The van der Waals surface area contributed by atoms with Gasteiger partial charge in [0.25, 0.3) is 0 Å². The molecule has 6 heteroatoms. The maximum atomic E-state index is 7.67. The highest BCUT2D eigenvalue weighted by Gasteiger charge is 2.50. The first-order valence-corrected chi connectivity index (χ1v) is 20.7. The Morgan fingerprint density at radius 1 is 0.850 bits per heavy atom. The summed E-state index contributed by atoms with van der Waals surface area (Å²) in [6.45, 7) is 22.7. The van der Waals surface area contributed by atoms with Crippen LogP contribution in [0.15, 0.2) is 47.7 Å². The first kappa shape index (κ1) is 33.2. The third kappa shape index (κ3) is 7.16. The van der Waals surface area contributed by atoms with E-state index in [0.717, 1.165) is 43.1 Å². The minimum Gasteiger partial charge on any atom is -0.546 e. The number of fused-ring (bicyclic) bond motifs is 2. The molecule has 0 fully saturated rings. The fourth-order valence-electron chi connectivity index (χ4n) is 7.48. The van der Waals surface area contributed by atoms with Crippen molar-refractivity contribution in [3.05, 3.63) is 53.3 Å². The number of ether oxygens (including phenoxy) is 2. The Kier molecular flexibility index (Phi) is 12.2. The molecule has 1 aromatic rings. The molecule has 0 unspecified atom stereocenters. The largest absolute Gasteiger partial charge is 0.546 e. The molecule has 2 bridgehead atoms. The molecule has 0 heterocycles. The van der Waals surface area contributed by atoms with Gasteiger partial charge in [0, 0.05) is 11.8 Å². The fraction of sp³-hybridized carbons (Fsp3) is 0.706. The van der Waals surface area contributed by atoms with E-state index in [2.05, 4.69) is 86.6 Å². The number of allylic oxidation sites excluding steroid dienone is 2. The predicted octanol–water partition coefficient (Wildman–Crippen LogP) is 10.0. The third-order valence-electron chi connectivity index (χ3n) is 10.0. The van der Waals surface area contributed by atoms with Crippen molar-refractivity contribution in [1.82, 2.24) is 0 Å². The zero-order chi connectivity index (χ0) is 29.5. The van der Waals surface area contributed by atoms with Crippen LogP contribution in [0, 0.1) is 11.8 Å². The van der Waals surface area contributed by atoms with Crippen molar-refractivity contribution >= 4 is 16.6 Å². The number of benzene rings is 1. The smallest absolute Gasteiger partial charge is 0.250 e. The fourth-order valence-corrected chi connectivity index (χ4v) is 15.7. The topological polar surface area (TPSA) is 36.9 Å². The molecule has 0 radical (unpaired) electrons. The number of hydrogen-bond acceptors (Lipinski definition) is 4. The summed E-state index contributed by atoms with van der Waals surface area (Å²) < 4.78 is 26.6. The molecule has 0 spiro atoms. The normalized spacial score (nSPS) is 21.9. The molecule has 0 saturated heterocycles. The quantitative estimate of drug-likeness (QED) is 0.151. The maximum absolute atomic E-state index is 7.67. The average molecular weight is 587 g/mol. The summed E-state index contributed by atoms with van der Waals surface area (Å²) >= 11 is 0. The molecule has 2 aliphatic carbocycles. The molecular formula is C34H58O4Si2. The average Bonchev–Trinajstić information content (AvgIpc) is 3.01. The van der Waals surface area contributed by atoms with Crippen LogP contribution in [0.3, 0.4) is 0 Å². The van der Waals surface area contributed by atoms with Crippen LogP contribution in [0.25, 0.3) is 0 Å². The Morgan fingerprint density at radius 3 is 1.98 bits per heavy atom. The van der Waals surface area contributed by atoms with E-state index in [4.69, 9.17) is 18.3 Å². The van der Waals surface area contributed by atoms with E-state index < -0.39 is 16.6 Å². The minimum atomic E-state index is -2.10. The van der Waals surface area contributed by atoms with Crippen LogP contribution < -0.4 is 4.74 Å². The molecule has 3 rings (SSSR count). The summed E-state index contributed by atoms with van der Waals surface area (Å²) in [6.07, 6.45) is 8.20. The highest BCUT2D eigenvalue weighted by molar-refractivity contribution is 6.77. The van der Waals surface area contributed by atoms with E-state index in [1.165, 1.54) is 16.9 Å². The highest BCUT2D eigenvalue weighted by atomic mass is 28.4. The van der Waals surface area contributed by atoms with Crippen LogP contribution in [0.1, 0.15) is 87.1 Å².